The van der Waals surface area contributed by atoms with E-state index in [-0.39, 0.29) is 11.2 Å². The van der Waals surface area contributed by atoms with E-state index in [0.29, 0.717) is 0 Å². The normalized spacial score (nSPS) is 12.8. The van der Waals surface area contributed by atoms with Crippen molar-refractivity contribution in [1.29, 1.82) is 0 Å². The van der Waals surface area contributed by atoms with Gasteiger partial charge in [-0.25, -0.2) is 0 Å². The van der Waals surface area contributed by atoms with Gasteiger partial charge in [0.2, 0.25) is 5.91 Å². The third-order valence-corrected chi connectivity index (χ3v) is 3.96. The highest BCUT2D eigenvalue weighted by Gasteiger charge is 2.19. The van der Waals surface area contributed by atoms with Crippen LogP contribution in [0.5, 0.6) is 0 Å². The smallest absolute Gasteiger partial charge is 0.240 e. The number of amides is 1. The Balaban J connectivity index is 3.85. The first-order valence-electron chi connectivity index (χ1n) is 6.64. The average molecular weight is 274 g/mol. The van der Waals surface area contributed by atoms with Crippen LogP contribution < -0.4 is 0 Å². The summed E-state index contributed by atoms with van der Waals surface area (Å²) in [6.07, 6.45) is 11.4. The highest BCUT2D eigenvalue weighted by Crippen LogP contribution is 2.18. The maximum Gasteiger partial charge on any atom is 0.240 e. The van der Waals surface area contributed by atoms with E-state index >= 15 is 0 Å². The van der Waals surface area contributed by atoms with Gasteiger partial charge in [-0.05, 0) is 12.7 Å². The molecular formula is C13H26N2O2S. The zero-order valence-electron chi connectivity index (χ0n) is 11.8. The van der Waals surface area contributed by atoms with E-state index < -0.39 is 0 Å². The van der Waals surface area contributed by atoms with Gasteiger partial charge >= 0.3 is 0 Å². The first-order valence-corrected chi connectivity index (χ1v) is 7.93. The zero-order chi connectivity index (χ0) is 13.8. The highest BCUT2D eigenvalue weighted by atomic mass is 32.2. The number of carbonyl (C=O) groups excluding carboxylic acids is 1. The molecule has 0 heterocycles. The number of rotatable bonds is 10. The van der Waals surface area contributed by atoms with Crippen LogP contribution in [0.25, 0.3) is 0 Å². The van der Waals surface area contributed by atoms with Crippen molar-refractivity contribution in [3.63, 3.8) is 0 Å². The van der Waals surface area contributed by atoms with Crippen molar-refractivity contribution in [2.45, 2.75) is 57.1 Å². The van der Waals surface area contributed by atoms with Gasteiger partial charge in [0.1, 0.15) is 6.34 Å². The summed E-state index contributed by atoms with van der Waals surface area (Å²) in [5, 5.41) is 11.3. The molecule has 0 saturated carbocycles. The lowest BCUT2D eigenvalue weighted by atomic mass is 10.1. The number of carbonyl (C=O) groups is 1. The average Bonchev–Trinajstić information content (AvgIpc) is 2.37. The lowest BCUT2D eigenvalue weighted by Crippen LogP contribution is -2.33. The maximum absolute atomic E-state index is 11.9. The summed E-state index contributed by atoms with van der Waals surface area (Å²) in [7, 11) is 1.62. The largest absolute Gasteiger partial charge is 0.410 e. The third kappa shape index (κ3) is 7.58. The first-order chi connectivity index (χ1) is 8.67. The third-order valence-electron chi connectivity index (χ3n) is 2.95. The van der Waals surface area contributed by atoms with Gasteiger partial charge in [0, 0.05) is 7.05 Å². The van der Waals surface area contributed by atoms with E-state index in [1.54, 1.807) is 18.8 Å². The number of nitrogens with zero attached hydrogens (tertiary/aromatic N) is 2. The predicted octanol–water partition coefficient (Wildman–Crippen LogP) is 3.34. The van der Waals surface area contributed by atoms with E-state index in [2.05, 4.69) is 12.1 Å². The van der Waals surface area contributed by atoms with Crippen molar-refractivity contribution < 1.29 is 10.0 Å². The van der Waals surface area contributed by atoms with Crippen LogP contribution in [-0.4, -0.2) is 40.9 Å². The zero-order valence-corrected chi connectivity index (χ0v) is 12.6. The minimum Gasteiger partial charge on any atom is -0.410 e. The van der Waals surface area contributed by atoms with Crippen LogP contribution in [0.15, 0.2) is 5.16 Å². The molecule has 0 aromatic rings. The lowest BCUT2D eigenvalue weighted by Gasteiger charge is -2.18. The Hall–Kier alpha value is -0.710. The fourth-order valence-electron chi connectivity index (χ4n) is 1.81. The second-order valence-corrected chi connectivity index (χ2v) is 5.50. The molecule has 0 aliphatic heterocycles. The second-order valence-electron chi connectivity index (χ2n) is 4.46. The Kier molecular flexibility index (Phi) is 10.9. The number of oxime groups is 1. The number of thioether (sulfide) groups is 1. The minimum absolute atomic E-state index is 0.00820. The van der Waals surface area contributed by atoms with Gasteiger partial charge in [0.25, 0.3) is 0 Å². The summed E-state index contributed by atoms with van der Waals surface area (Å²) in [5.41, 5.74) is 0. The van der Waals surface area contributed by atoms with Crippen molar-refractivity contribution in [3.05, 3.63) is 0 Å². The Labute approximate surface area is 115 Å². The Bertz CT molecular complexity index is 247. The van der Waals surface area contributed by atoms with Crippen LogP contribution in [0.4, 0.5) is 0 Å². The molecule has 0 rings (SSSR count). The summed E-state index contributed by atoms with van der Waals surface area (Å²) >= 11 is 1.57. The van der Waals surface area contributed by atoms with E-state index in [1.807, 2.05) is 6.26 Å². The van der Waals surface area contributed by atoms with Gasteiger partial charge in [-0.2, -0.15) is 11.8 Å². The molecule has 5 heteroatoms. The van der Waals surface area contributed by atoms with Gasteiger partial charge in [0.15, 0.2) is 0 Å². The van der Waals surface area contributed by atoms with Crippen LogP contribution in [-0.2, 0) is 4.79 Å². The molecule has 0 aromatic heterocycles. The molecule has 1 amide bonds. The number of hydrogen-bond donors (Lipinski definition) is 1. The molecule has 0 fully saturated rings. The quantitative estimate of drug-likeness (QED) is 0.218. The van der Waals surface area contributed by atoms with E-state index in [4.69, 9.17) is 5.21 Å². The molecule has 106 valence electrons. The van der Waals surface area contributed by atoms with Crippen molar-refractivity contribution in [2.75, 3.05) is 13.3 Å². The Morgan fingerprint density at radius 2 is 1.94 bits per heavy atom. The van der Waals surface area contributed by atoms with Gasteiger partial charge in [-0.15, -0.1) is 0 Å². The van der Waals surface area contributed by atoms with Crippen molar-refractivity contribution >= 4 is 24.0 Å². The van der Waals surface area contributed by atoms with E-state index in [1.165, 1.54) is 37.0 Å². The van der Waals surface area contributed by atoms with Crippen molar-refractivity contribution in [1.82, 2.24) is 4.90 Å². The molecule has 1 atom stereocenters. The molecule has 0 saturated heterocycles. The molecule has 4 nitrogen and oxygen atoms in total. The molecule has 18 heavy (non-hydrogen) atoms. The van der Waals surface area contributed by atoms with Crippen LogP contribution in [0, 0.1) is 0 Å². The molecule has 1 unspecified atom stereocenters. The molecule has 0 aromatic carbocycles. The summed E-state index contributed by atoms with van der Waals surface area (Å²) in [4.78, 5) is 13.3. The molecule has 0 aliphatic carbocycles. The van der Waals surface area contributed by atoms with Gasteiger partial charge in [-0.3, -0.25) is 4.79 Å². The van der Waals surface area contributed by atoms with E-state index in [0.717, 1.165) is 19.2 Å². The summed E-state index contributed by atoms with van der Waals surface area (Å²) in [6.45, 7) is 2.21. The molecule has 1 N–H and O–H groups in total. The monoisotopic (exact) mass is 274 g/mol. The first kappa shape index (κ1) is 17.3. The standard InChI is InChI=1S/C13H26N2O2S/c1-4-5-6-7-8-9-10-12(18-3)13(16)15(2)11-14-17/h11-12,17H,4-10H2,1-3H3. The minimum atomic E-state index is -0.0285. The summed E-state index contributed by atoms with van der Waals surface area (Å²) < 4.78 is 0. The number of hydrogen-bond acceptors (Lipinski definition) is 4. The van der Waals surface area contributed by atoms with Crippen LogP contribution in [0.1, 0.15) is 51.9 Å². The SMILES string of the molecule is CCCCCCCCC(SC)C(=O)N(C)C=NO. The Morgan fingerprint density at radius 1 is 1.33 bits per heavy atom. The van der Waals surface area contributed by atoms with Crippen LogP contribution >= 0.6 is 11.8 Å². The fraction of sp³-hybridized carbons (Fsp3) is 0.846. The second kappa shape index (κ2) is 11.4. The molecule has 0 aliphatic rings. The van der Waals surface area contributed by atoms with Gasteiger partial charge < -0.3 is 10.1 Å². The Morgan fingerprint density at radius 3 is 2.50 bits per heavy atom. The summed E-state index contributed by atoms with van der Waals surface area (Å²) in [6, 6.07) is 0. The van der Waals surface area contributed by atoms with Crippen LogP contribution in [0.3, 0.4) is 0 Å². The number of unbranched alkanes of at least 4 members (excludes halogenated alkanes) is 5. The highest BCUT2D eigenvalue weighted by molar-refractivity contribution is 7.99. The van der Waals surface area contributed by atoms with Crippen molar-refractivity contribution in [2.24, 2.45) is 5.16 Å². The molecule has 0 spiro atoms. The van der Waals surface area contributed by atoms with Gasteiger partial charge in [-0.1, -0.05) is 50.6 Å². The van der Waals surface area contributed by atoms with Gasteiger partial charge in [0.05, 0.1) is 5.25 Å². The summed E-state index contributed by atoms with van der Waals surface area (Å²) in [5.74, 6) is 0.00820. The molecule has 0 bridgehead atoms. The van der Waals surface area contributed by atoms with Crippen molar-refractivity contribution in [3.8, 4) is 0 Å². The van der Waals surface area contributed by atoms with E-state index in [9.17, 15) is 4.79 Å². The molecule has 0 radical (unpaired) electrons. The fourth-order valence-corrected chi connectivity index (χ4v) is 2.58. The van der Waals surface area contributed by atoms with Crippen LogP contribution in [0.2, 0.25) is 0 Å². The predicted molar refractivity (Wildman–Crippen MR) is 78.3 cm³/mol. The maximum atomic E-state index is 11.9. The molecular weight excluding hydrogens is 248 g/mol. The topological polar surface area (TPSA) is 52.9 Å². The lowest BCUT2D eigenvalue weighted by molar-refractivity contribution is -0.125.